The third kappa shape index (κ3) is 8.45. The van der Waals surface area contributed by atoms with Crippen LogP contribution in [0.1, 0.15) is 6.92 Å². The number of hydrogen-bond acceptors (Lipinski definition) is 1. The Morgan fingerprint density at radius 2 is 1.36 bits per heavy atom. The lowest BCUT2D eigenvalue weighted by molar-refractivity contribution is 1.53. The number of nitriles is 1. The molecule has 0 aliphatic heterocycles. The van der Waals surface area contributed by atoms with Crippen molar-refractivity contribution in [2.45, 2.75) is 6.92 Å². The van der Waals surface area contributed by atoms with Crippen molar-refractivity contribution >= 4 is 0 Å². The van der Waals surface area contributed by atoms with Crippen molar-refractivity contribution in [1.29, 1.82) is 5.26 Å². The Morgan fingerprint density at radius 1 is 1.00 bits per heavy atom. The molecule has 56 valence electrons. The molecule has 0 fully saturated rings. The average molecular weight is 145 g/mol. The lowest BCUT2D eigenvalue weighted by Crippen LogP contribution is -1.47. The first kappa shape index (κ1) is 9.45. The maximum Gasteiger partial charge on any atom is 0.0908 e. The Bertz CT molecular complexity index is 192. The molecular weight excluding hydrogens is 134 g/mol. The fourth-order valence-electron chi connectivity index (χ4n) is 0.459. The van der Waals surface area contributed by atoms with Crippen molar-refractivity contribution in [3.05, 3.63) is 48.6 Å². The van der Waals surface area contributed by atoms with Gasteiger partial charge in [0, 0.05) is 6.08 Å². The van der Waals surface area contributed by atoms with Gasteiger partial charge < -0.3 is 0 Å². The van der Waals surface area contributed by atoms with Gasteiger partial charge in [-0.25, -0.2) is 0 Å². The minimum Gasteiger partial charge on any atom is -0.193 e. The van der Waals surface area contributed by atoms with E-state index in [0.717, 1.165) is 0 Å². The van der Waals surface area contributed by atoms with Gasteiger partial charge in [0.2, 0.25) is 0 Å². The third-order valence-corrected chi connectivity index (χ3v) is 0.908. The second-order valence-electron chi connectivity index (χ2n) is 1.78. The maximum absolute atomic E-state index is 7.73. The molecule has 0 N–H and O–H groups in total. The van der Waals surface area contributed by atoms with E-state index < -0.39 is 0 Å². The number of benzene rings is 1. The molecular formula is C10H11N. The zero-order valence-electron chi connectivity index (χ0n) is 6.57. The molecule has 0 amide bonds. The second-order valence-corrected chi connectivity index (χ2v) is 1.78. The molecule has 1 aromatic rings. The highest BCUT2D eigenvalue weighted by Gasteiger charge is 1.57. The van der Waals surface area contributed by atoms with E-state index >= 15 is 0 Å². The van der Waals surface area contributed by atoms with Crippen molar-refractivity contribution in [2.75, 3.05) is 0 Å². The van der Waals surface area contributed by atoms with E-state index in [4.69, 9.17) is 5.26 Å². The van der Waals surface area contributed by atoms with Crippen LogP contribution in [0.4, 0.5) is 0 Å². The van der Waals surface area contributed by atoms with Crippen LogP contribution < -0.4 is 0 Å². The first-order chi connectivity index (χ1) is 5.41. The number of hydrogen-bond donors (Lipinski definition) is 0. The molecule has 0 unspecified atom stereocenters. The summed E-state index contributed by atoms with van der Waals surface area (Å²) < 4.78 is 0. The standard InChI is InChI=1S/C6H6.C4H5N/c1-2-4-6-5-3-1;1-2-3-4-5/h1-6H;2-3H,1H3. The van der Waals surface area contributed by atoms with Crippen LogP contribution in [0.15, 0.2) is 48.6 Å². The van der Waals surface area contributed by atoms with Gasteiger partial charge in [-0.05, 0) is 6.92 Å². The van der Waals surface area contributed by atoms with Crippen molar-refractivity contribution in [1.82, 2.24) is 0 Å². The molecule has 0 saturated carbocycles. The Morgan fingerprint density at radius 3 is 1.45 bits per heavy atom. The van der Waals surface area contributed by atoms with E-state index in [0.29, 0.717) is 0 Å². The molecule has 1 nitrogen and oxygen atoms in total. The predicted molar refractivity (Wildman–Crippen MR) is 46.9 cm³/mol. The lowest BCUT2D eigenvalue weighted by Gasteiger charge is -1.69. The van der Waals surface area contributed by atoms with E-state index in [1.807, 2.05) is 49.4 Å². The van der Waals surface area contributed by atoms with Crippen molar-refractivity contribution < 1.29 is 0 Å². The van der Waals surface area contributed by atoms with Gasteiger partial charge in [0.25, 0.3) is 0 Å². The van der Waals surface area contributed by atoms with E-state index in [2.05, 4.69) is 0 Å². The summed E-state index contributed by atoms with van der Waals surface area (Å²) in [4.78, 5) is 0. The summed E-state index contributed by atoms with van der Waals surface area (Å²) >= 11 is 0. The van der Waals surface area contributed by atoms with Crippen LogP contribution in [0.5, 0.6) is 0 Å². The SMILES string of the molecule is CC=CC#N.c1ccccc1. The monoisotopic (exact) mass is 145 g/mol. The molecule has 0 spiro atoms. The van der Waals surface area contributed by atoms with Gasteiger partial charge in [0.05, 0.1) is 6.07 Å². The molecule has 1 aromatic carbocycles. The van der Waals surface area contributed by atoms with E-state index in [1.54, 1.807) is 6.08 Å². The first-order valence-electron chi connectivity index (χ1n) is 3.42. The highest BCUT2D eigenvalue weighted by molar-refractivity contribution is 4.99. The summed E-state index contributed by atoms with van der Waals surface area (Å²) in [5.41, 5.74) is 0. The van der Waals surface area contributed by atoms with Gasteiger partial charge >= 0.3 is 0 Å². The van der Waals surface area contributed by atoms with Crippen molar-refractivity contribution in [2.24, 2.45) is 0 Å². The summed E-state index contributed by atoms with van der Waals surface area (Å²) in [6.07, 6.45) is 3.12. The number of nitrogens with zero attached hydrogens (tertiary/aromatic N) is 1. The molecule has 0 aromatic heterocycles. The smallest absolute Gasteiger partial charge is 0.0908 e. The van der Waals surface area contributed by atoms with E-state index in [1.165, 1.54) is 6.08 Å². The molecule has 0 saturated heterocycles. The lowest BCUT2D eigenvalue weighted by atomic mass is 10.4. The molecule has 11 heavy (non-hydrogen) atoms. The van der Waals surface area contributed by atoms with Gasteiger partial charge in [0.1, 0.15) is 0 Å². The van der Waals surface area contributed by atoms with Crippen molar-refractivity contribution in [3.8, 4) is 6.07 Å². The maximum atomic E-state index is 7.73. The minimum absolute atomic E-state index is 1.43. The van der Waals surface area contributed by atoms with Gasteiger partial charge in [-0.15, -0.1) is 0 Å². The molecule has 0 heterocycles. The Labute approximate surface area is 67.6 Å². The Balaban J connectivity index is 0.000000187. The van der Waals surface area contributed by atoms with Gasteiger partial charge in [-0.3, -0.25) is 0 Å². The zero-order valence-corrected chi connectivity index (χ0v) is 6.57. The largest absolute Gasteiger partial charge is 0.193 e. The molecule has 0 bridgehead atoms. The van der Waals surface area contributed by atoms with Crippen LogP contribution in [-0.4, -0.2) is 0 Å². The topological polar surface area (TPSA) is 23.8 Å². The van der Waals surface area contributed by atoms with Gasteiger partial charge in [-0.1, -0.05) is 42.5 Å². The van der Waals surface area contributed by atoms with Crippen LogP contribution in [0.2, 0.25) is 0 Å². The first-order valence-corrected chi connectivity index (χ1v) is 3.42. The average Bonchev–Trinajstić information content (AvgIpc) is 2.10. The quantitative estimate of drug-likeness (QED) is 0.515. The zero-order chi connectivity index (χ0) is 8.36. The van der Waals surface area contributed by atoms with Crippen LogP contribution in [0.3, 0.4) is 0 Å². The summed E-state index contributed by atoms with van der Waals surface area (Å²) in [5.74, 6) is 0. The Kier molecular flexibility index (Phi) is 7.26. The fraction of sp³-hybridized carbons (Fsp3) is 0.100. The van der Waals surface area contributed by atoms with E-state index in [9.17, 15) is 0 Å². The predicted octanol–water partition coefficient (Wildman–Crippen LogP) is 2.77. The Hall–Kier alpha value is -1.55. The normalized spacial score (nSPS) is 8.00. The van der Waals surface area contributed by atoms with Crippen LogP contribution in [0, 0.1) is 11.3 Å². The van der Waals surface area contributed by atoms with Crippen LogP contribution in [0.25, 0.3) is 0 Å². The summed E-state index contributed by atoms with van der Waals surface area (Å²) in [7, 11) is 0. The second kappa shape index (κ2) is 8.45. The highest BCUT2D eigenvalue weighted by atomic mass is 14.2. The molecule has 0 radical (unpaired) electrons. The fourth-order valence-corrected chi connectivity index (χ4v) is 0.459. The summed E-state index contributed by atoms with van der Waals surface area (Å²) in [5, 5.41) is 7.73. The number of allylic oxidation sites excluding steroid dienone is 2. The molecule has 0 atom stereocenters. The molecule has 1 rings (SSSR count). The minimum atomic E-state index is 1.43. The summed E-state index contributed by atoms with van der Waals surface area (Å²) in [6.45, 7) is 1.81. The van der Waals surface area contributed by atoms with Gasteiger partial charge in [0.15, 0.2) is 0 Å². The van der Waals surface area contributed by atoms with E-state index in [-0.39, 0.29) is 0 Å². The van der Waals surface area contributed by atoms with Crippen LogP contribution in [-0.2, 0) is 0 Å². The van der Waals surface area contributed by atoms with Crippen molar-refractivity contribution in [3.63, 3.8) is 0 Å². The van der Waals surface area contributed by atoms with Gasteiger partial charge in [-0.2, -0.15) is 5.26 Å². The summed E-state index contributed by atoms with van der Waals surface area (Å²) in [6, 6.07) is 13.8. The molecule has 0 aliphatic carbocycles. The number of rotatable bonds is 0. The van der Waals surface area contributed by atoms with Crippen LogP contribution >= 0.6 is 0 Å². The third-order valence-electron chi connectivity index (χ3n) is 0.908. The molecule has 1 heteroatoms. The molecule has 0 aliphatic rings. The highest BCUT2D eigenvalue weighted by Crippen LogP contribution is 1.79.